The number of alkyl halides is 6. The largest absolute Gasteiger partial charge is 0.573 e. The van der Waals surface area contributed by atoms with Gasteiger partial charge in [-0.25, -0.2) is 4.99 Å². The van der Waals surface area contributed by atoms with Crippen molar-refractivity contribution in [2.24, 2.45) is 10.7 Å². The summed E-state index contributed by atoms with van der Waals surface area (Å²) in [5, 5.41) is 4.57. The van der Waals surface area contributed by atoms with Gasteiger partial charge < -0.3 is 20.1 Å². The maximum Gasteiger partial charge on any atom is 0.573 e. The van der Waals surface area contributed by atoms with Crippen molar-refractivity contribution in [1.29, 1.82) is 0 Å². The summed E-state index contributed by atoms with van der Waals surface area (Å²) < 4.78 is 86.8. The summed E-state index contributed by atoms with van der Waals surface area (Å²) >= 11 is 5.84. The first kappa shape index (κ1) is 23.5. The number of hydrogen-bond donors (Lipinski definition) is 3. The van der Waals surface area contributed by atoms with E-state index in [2.05, 4.69) is 20.4 Å². The Morgan fingerprint density at radius 1 is 1.09 bits per heavy atom. The number of rotatable bonds is 5. The second-order valence-electron chi connectivity index (χ2n) is 6.49. The first-order chi connectivity index (χ1) is 14.8. The average molecular weight is 481 g/mol. The molecule has 13 heteroatoms. The number of aliphatic imine (C=N–C) groups is 1. The van der Waals surface area contributed by atoms with E-state index in [9.17, 15) is 26.3 Å². The van der Waals surface area contributed by atoms with Crippen LogP contribution in [0, 0.1) is 0 Å². The van der Waals surface area contributed by atoms with Crippen LogP contribution >= 0.6 is 11.6 Å². The standard InChI is InChI=1S/C19H15ClF6N4O2/c1-31-12-4-2-3-11(8-12)29-16-13(17(21,22)23)9-28-18(27,30-16)10-5-6-15(14(20)7-10)32-19(24,25)26/h2-9,29-30H,27H2,1H3. The molecule has 0 saturated heterocycles. The van der Waals surface area contributed by atoms with Crippen LogP contribution in [0.3, 0.4) is 0 Å². The van der Waals surface area contributed by atoms with E-state index in [-0.39, 0.29) is 11.3 Å². The Balaban J connectivity index is 1.96. The Kier molecular flexibility index (Phi) is 6.20. The zero-order valence-corrected chi connectivity index (χ0v) is 16.9. The highest BCUT2D eigenvalue weighted by Crippen LogP contribution is 2.36. The monoisotopic (exact) mass is 480 g/mol. The molecule has 0 aliphatic carbocycles. The van der Waals surface area contributed by atoms with Crippen molar-refractivity contribution < 1.29 is 35.8 Å². The first-order valence-electron chi connectivity index (χ1n) is 8.71. The van der Waals surface area contributed by atoms with Crippen LogP contribution in [-0.4, -0.2) is 25.9 Å². The van der Waals surface area contributed by atoms with E-state index in [0.29, 0.717) is 12.0 Å². The molecule has 2 aromatic rings. The SMILES string of the molecule is COc1cccc(NC2=C(C(F)(F)F)C=NC(N)(c3ccc(OC(F)(F)F)c(Cl)c3)N2)c1. The molecule has 1 heterocycles. The highest BCUT2D eigenvalue weighted by atomic mass is 35.5. The normalized spacial score (nSPS) is 18.9. The van der Waals surface area contributed by atoms with E-state index < -0.39 is 40.5 Å². The van der Waals surface area contributed by atoms with Crippen LogP contribution in [0.4, 0.5) is 32.0 Å². The van der Waals surface area contributed by atoms with Gasteiger partial charge in [-0.2, -0.15) is 13.2 Å². The molecule has 2 aromatic carbocycles. The molecule has 0 amide bonds. The second kappa shape index (κ2) is 8.43. The summed E-state index contributed by atoms with van der Waals surface area (Å²) in [6, 6.07) is 9.09. The molecule has 1 aliphatic heterocycles. The first-order valence-corrected chi connectivity index (χ1v) is 9.09. The summed E-state index contributed by atoms with van der Waals surface area (Å²) in [6.45, 7) is 0. The maximum atomic E-state index is 13.5. The van der Waals surface area contributed by atoms with Gasteiger partial charge in [0.15, 0.2) is 0 Å². The summed E-state index contributed by atoms with van der Waals surface area (Å²) in [5.74, 6) is -2.82. The van der Waals surface area contributed by atoms with Gasteiger partial charge in [-0.3, -0.25) is 5.73 Å². The van der Waals surface area contributed by atoms with Crippen LogP contribution in [0.5, 0.6) is 11.5 Å². The van der Waals surface area contributed by atoms with Crippen molar-refractivity contribution >= 4 is 23.5 Å². The third kappa shape index (κ3) is 5.37. The Morgan fingerprint density at radius 3 is 2.41 bits per heavy atom. The molecule has 6 nitrogen and oxygen atoms in total. The lowest BCUT2D eigenvalue weighted by atomic mass is 10.1. The minimum absolute atomic E-state index is 0.0144. The van der Waals surface area contributed by atoms with Crippen molar-refractivity contribution in [3.8, 4) is 11.5 Å². The lowest BCUT2D eigenvalue weighted by molar-refractivity contribution is -0.274. The quantitative estimate of drug-likeness (QED) is 0.532. The number of nitrogens with one attached hydrogen (secondary N) is 2. The zero-order valence-electron chi connectivity index (χ0n) is 16.1. The maximum absolute atomic E-state index is 13.5. The third-order valence-electron chi connectivity index (χ3n) is 4.22. The topological polar surface area (TPSA) is 80.9 Å². The van der Waals surface area contributed by atoms with Crippen LogP contribution in [0.1, 0.15) is 5.56 Å². The number of ether oxygens (including phenoxy) is 2. The van der Waals surface area contributed by atoms with E-state index in [0.717, 1.165) is 18.2 Å². The highest BCUT2D eigenvalue weighted by molar-refractivity contribution is 6.32. The average Bonchev–Trinajstić information content (AvgIpc) is 2.68. The number of nitrogens with zero attached hydrogens (tertiary/aromatic N) is 1. The minimum Gasteiger partial charge on any atom is -0.497 e. The van der Waals surface area contributed by atoms with E-state index in [1.807, 2.05) is 0 Å². The van der Waals surface area contributed by atoms with E-state index in [1.165, 1.54) is 19.2 Å². The molecule has 172 valence electrons. The van der Waals surface area contributed by atoms with Gasteiger partial charge in [-0.1, -0.05) is 17.7 Å². The fourth-order valence-electron chi connectivity index (χ4n) is 2.77. The molecule has 4 N–H and O–H groups in total. The number of anilines is 1. The smallest absolute Gasteiger partial charge is 0.497 e. The van der Waals surface area contributed by atoms with E-state index in [4.69, 9.17) is 22.1 Å². The molecule has 1 unspecified atom stereocenters. The molecule has 0 fully saturated rings. The summed E-state index contributed by atoms with van der Waals surface area (Å²) in [7, 11) is 1.39. The molecule has 0 aromatic heterocycles. The fraction of sp³-hybridized carbons (Fsp3) is 0.211. The van der Waals surface area contributed by atoms with Gasteiger partial charge in [0.1, 0.15) is 22.9 Å². The third-order valence-corrected chi connectivity index (χ3v) is 4.52. The Hall–Kier alpha value is -3.12. The van der Waals surface area contributed by atoms with Crippen molar-refractivity contribution in [1.82, 2.24) is 5.32 Å². The molecule has 32 heavy (non-hydrogen) atoms. The number of halogens is 7. The summed E-state index contributed by atoms with van der Waals surface area (Å²) in [5.41, 5.74) is 5.22. The molecular formula is C19H15ClF6N4O2. The van der Waals surface area contributed by atoms with Gasteiger partial charge >= 0.3 is 12.5 Å². The molecular weight excluding hydrogens is 466 g/mol. The fourth-order valence-corrected chi connectivity index (χ4v) is 2.99. The predicted octanol–water partition coefficient (Wildman–Crippen LogP) is 4.88. The van der Waals surface area contributed by atoms with Crippen LogP contribution in [0.25, 0.3) is 0 Å². The molecule has 1 aliphatic rings. The van der Waals surface area contributed by atoms with Gasteiger partial charge in [0.2, 0.25) is 5.79 Å². The van der Waals surface area contributed by atoms with Gasteiger partial charge in [0, 0.05) is 23.5 Å². The Morgan fingerprint density at radius 2 is 1.81 bits per heavy atom. The lowest BCUT2D eigenvalue weighted by Gasteiger charge is -2.34. The van der Waals surface area contributed by atoms with Crippen molar-refractivity contribution in [2.45, 2.75) is 18.3 Å². The molecule has 0 radical (unpaired) electrons. The van der Waals surface area contributed by atoms with Crippen LogP contribution in [-0.2, 0) is 5.79 Å². The molecule has 3 rings (SSSR count). The number of benzene rings is 2. The number of hydrogen-bond acceptors (Lipinski definition) is 6. The van der Waals surface area contributed by atoms with Gasteiger partial charge in [0.25, 0.3) is 0 Å². The molecule has 1 atom stereocenters. The number of allylic oxidation sites excluding steroid dienone is 1. The van der Waals surface area contributed by atoms with Crippen molar-refractivity contribution in [3.63, 3.8) is 0 Å². The second-order valence-corrected chi connectivity index (χ2v) is 6.89. The van der Waals surface area contributed by atoms with Gasteiger partial charge in [-0.15, -0.1) is 13.2 Å². The highest BCUT2D eigenvalue weighted by Gasteiger charge is 2.42. The van der Waals surface area contributed by atoms with E-state index in [1.54, 1.807) is 12.1 Å². The minimum atomic E-state index is -4.98. The van der Waals surface area contributed by atoms with Gasteiger partial charge in [0.05, 0.1) is 12.1 Å². The molecule has 0 bridgehead atoms. The molecule has 0 saturated carbocycles. The number of methoxy groups -OCH3 is 1. The number of nitrogens with two attached hydrogens (primary N) is 1. The Labute approximate surface area is 182 Å². The van der Waals surface area contributed by atoms with Crippen molar-refractivity contribution in [3.05, 3.63) is 64.4 Å². The van der Waals surface area contributed by atoms with Crippen LogP contribution in [0.15, 0.2) is 58.9 Å². The van der Waals surface area contributed by atoms with Crippen molar-refractivity contribution in [2.75, 3.05) is 12.4 Å². The summed E-state index contributed by atoms with van der Waals surface area (Å²) in [4.78, 5) is 3.73. The zero-order chi connectivity index (χ0) is 23.7. The lowest BCUT2D eigenvalue weighted by Crippen LogP contribution is -2.52. The Bertz CT molecular complexity index is 1070. The molecule has 0 spiro atoms. The van der Waals surface area contributed by atoms with Gasteiger partial charge in [-0.05, 0) is 30.3 Å². The predicted molar refractivity (Wildman–Crippen MR) is 105 cm³/mol. The van der Waals surface area contributed by atoms with Crippen LogP contribution in [0.2, 0.25) is 5.02 Å². The van der Waals surface area contributed by atoms with E-state index >= 15 is 0 Å². The van der Waals surface area contributed by atoms with Crippen LogP contribution < -0.4 is 25.8 Å². The summed E-state index contributed by atoms with van der Waals surface area (Å²) in [6.07, 6.45) is -9.25.